The van der Waals surface area contributed by atoms with E-state index in [0.717, 1.165) is 25.7 Å². The Kier molecular flexibility index (Phi) is 4.27. The quantitative estimate of drug-likeness (QED) is 0.772. The first kappa shape index (κ1) is 14.5. The maximum absolute atomic E-state index is 12.3. The molecule has 0 spiro atoms. The zero-order valence-electron chi connectivity index (χ0n) is 11.3. The molecule has 1 aromatic heterocycles. The van der Waals surface area contributed by atoms with Gasteiger partial charge in [-0.1, -0.05) is 19.8 Å². The van der Waals surface area contributed by atoms with Gasteiger partial charge in [-0.2, -0.15) is 5.10 Å². The molecule has 1 fully saturated rings. The fraction of sp³-hybridized carbons (Fsp3) is 0.750. The molecule has 0 radical (unpaired) electrons. The SMILES string of the molecule is Cc1[nH]nc(S(=O)(=O)NC2CCCC(C)C2)c1CO. The van der Waals surface area contributed by atoms with Crippen LogP contribution >= 0.6 is 0 Å². The summed E-state index contributed by atoms with van der Waals surface area (Å²) >= 11 is 0. The molecule has 1 saturated carbocycles. The molecular weight excluding hydrogens is 266 g/mol. The first-order valence-corrected chi connectivity index (χ1v) is 8.09. The molecule has 2 unspecified atom stereocenters. The normalized spacial score (nSPS) is 24.6. The van der Waals surface area contributed by atoms with Crippen LogP contribution in [0.5, 0.6) is 0 Å². The molecule has 7 heteroatoms. The molecule has 1 heterocycles. The Labute approximate surface area is 113 Å². The molecule has 0 aliphatic heterocycles. The second-order valence-electron chi connectivity index (χ2n) is 5.38. The molecule has 0 bridgehead atoms. The number of aromatic nitrogens is 2. The summed E-state index contributed by atoms with van der Waals surface area (Å²) < 4.78 is 27.3. The molecule has 1 aromatic rings. The van der Waals surface area contributed by atoms with Crippen molar-refractivity contribution in [3.63, 3.8) is 0 Å². The van der Waals surface area contributed by atoms with Crippen LogP contribution in [0.3, 0.4) is 0 Å². The number of nitrogens with one attached hydrogen (secondary N) is 2. The molecule has 19 heavy (non-hydrogen) atoms. The van der Waals surface area contributed by atoms with Crippen molar-refractivity contribution in [1.29, 1.82) is 0 Å². The van der Waals surface area contributed by atoms with Crippen molar-refractivity contribution < 1.29 is 13.5 Å². The summed E-state index contributed by atoms with van der Waals surface area (Å²) in [6.45, 7) is 3.50. The first-order chi connectivity index (χ1) is 8.94. The van der Waals surface area contributed by atoms with Crippen LogP contribution in [0.1, 0.15) is 43.9 Å². The van der Waals surface area contributed by atoms with Crippen molar-refractivity contribution in [2.45, 2.75) is 57.2 Å². The highest BCUT2D eigenvalue weighted by Crippen LogP contribution is 2.25. The van der Waals surface area contributed by atoms with Crippen LogP contribution in [0.4, 0.5) is 0 Å². The smallest absolute Gasteiger partial charge is 0.260 e. The van der Waals surface area contributed by atoms with Crippen molar-refractivity contribution in [1.82, 2.24) is 14.9 Å². The molecule has 2 rings (SSSR count). The van der Waals surface area contributed by atoms with Gasteiger partial charge in [-0.05, 0) is 25.7 Å². The second-order valence-corrected chi connectivity index (χ2v) is 7.01. The Bertz CT molecular complexity index is 538. The summed E-state index contributed by atoms with van der Waals surface area (Å²) in [5.74, 6) is 0.541. The van der Waals surface area contributed by atoms with Crippen molar-refractivity contribution in [2.75, 3.05) is 0 Å². The molecule has 0 amide bonds. The monoisotopic (exact) mass is 287 g/mol. The van der Waals surface area contributed by atoms with Gasteiger partial charge in [-0.25, -0.2) is 13.1 Å². The number of rotatable bonds is 4. The van der Waals surface area contributed by atoms with Crippen LogP contribution in [-0.4, -0.2) is 29.8 Å². The Morgan fingerprint density at radius 2 is 2.21 bits per heavy atom. The highest BCUT2D eigenvalue weighted by molar-refractivity contribution is 7.89. The van der Waals surface area contributed by atoms with E-state index >= 15 is 0 Å². The third kappa shape index (κ3) is 3.16. The maximum atomic E-state index is 12.3. The van der Waals surface area contributed by atoms with Gasteiger partial charge in [0.15, 0.2) is 5.03 Å². The predicted octanol–water partition coefficient (Wildman–Crippen LogP) is 1.07. The summed E-state index contributed by atoms with van der Waals surface area (Å²) in [7, 11) is -3.66. The third-order valence-corrected chi connectivity index (χ3v) is 5.20. The molecule has 2 atom stereocenters. The number of hydrogen-bond donors (Lipinski definition) is 3. The maximum Gasteiger partial charge on any atom is 0.260 e. The molecule has 0 saturated heterocycles. The number of sulfonamides is 1. The topological polar surface area (TPSA) is 95.1 Å². The first-order valence-electron chi connectivity index (χ1n) is 6.61. The molecule has 0 aromatic carbocycles. The number of aliphatic hydroxyl groups is 1. The average molecular weight is 287 g/mol. The van der Waals surface area contributed by atoms with E-state index in [1.807, 2.05) is 0 Å². The minimum absolute atomic E-state index is 0.0303. The summed E-state index contributed by atoms with van der Waals surface area (Å²) in [6.07, 6.45) is 3.92. The van der Waals surface area contributed by atoms with E-state index in [9.17, 15) is 13.5 Å². The van der Waals surface area contributed by atoms with Gasteiger partial charge < -0.3 is 5.11 Å². The Hall–Kier alpha value is -0.920. The number of aromatic amines is 1. The predicted molar refractivity (Wildman–Crippen MR) is 71.0 cm³/mol. The Morgan fingerprint density at radius 3 is 2.84 bits per heavy atom. The van der Waals surface area contributed by atoms with Crippen molar-refractivity contribution in [3.05, 3.63) is 11.3 Å². The van der Waals surface area contributed by atoms with E-state index in [4.69, 9.17) is 0 Å². The fourth-order valence-electron chi connectivity index (χ4n) is 2.65. The van der Waals surface area contributed by atoms with Crippen LogP contribution in [0.15, 0.2) is 5.03 Å². The second kappa shape index (κ2) is 5.60. The number of nitrogens with zero attached hydrogens (tertiary/aromatic N) is 1. The molecule has 1 aliphatic carbocycles. The number of hydrogen-bond acceptors (Lipinski definition) is 4. The Balaban J connectivity index is 2.18. The third-order valence-electron chi connectivity index (χ3n) is 3.71. The lowest BCUT2D eigenvalue weighted by molar-refractivity contribution is 0.277. The summed E-state index contributed by atoms with van der Waals surface area (Å²) in [5, 5.41) is 15.6. The van der Waals surface area contributed by atoms with Crippen LogP contribution in [0.25, 0.3) is 0 Å². The summed E-state index contributed by atoms with van der Waals surface area (Å²) in [6, 6.07) is -0.0303. The average Bonchev–Trinajstić information content (AvgIpc) is 2.70. The van der Waals surface area contributed by atoms with Crippen molar-refractivity contribution in [3.8, 4) is 0 Å². The van der Waals surface area contributed by atoms with E-state index in [-0.39, 0.29) is 17.7 Å². The van der Waals surface area contributed by atoms with Gasteiger partial charge in [-0.3, -0.25) is 5.10 Å². The van der Waals surface area contributed by atoms with Gasteiger partial charge in [0.25, 0.3) is 10.0 Å². The highest BCUT2D eigenvalue weighted by atomic mass is 32.2. The van der Waals surface area contributed by atoms with E-state index in [2.05, 4.69) is 21.8 Å². The lowest BCUT2D eigenvalue weighted by Gasteiger charge is -2.26. The fourth-order valence-corrected chi connectivity index (χ4v) is 4.13. The lowest BCUT2D eigenvalue weighted by Crippen LogP contribution is -2.38. The van der Waals surface area contributed by atoms with E-state index < -0.39 is 10.0 Å². The minimum Gasteiger partial charge on any atom is -0.392 e. The van der Waals surface area contributed by atoms with Crippen LogP contribution in [0, 0.1) is 12.8 Å². The summed E-state index contributed by atoms with van der Waals surface area (Å²) in [5.41, 5.74) is 0.927. The molecular formula is C12H21N3O3S. The van der Waals surface area contributed by atoms with Crippen molar-refractivity contribution >= 4 is 10.0 Å². The number of aryl methyl sites for hydroxylation is 1. The van der Waals surface area contributed by atoms with E-state index in [1.54, 1.807) is 6.92 Å². The van der Waals surface area contributed by atoms with Gasteiger partial charge in [-0.15, -0.1) is 0 Å². The molecule has 3 N–H and O–H groups in total. The zero-order chi connectivity index (χ0) is 14.0. The summed E-state index contributed by atoms with van der Waals surface area (Å²) in [4.78, 5) is 0. The largest absolute Gasteiger partial charge is 0.392 e. The van der Waals surface area contributed by atoms with E-state index in [0.29, 0.717) is 17.2 Å². The Morgan fingerprint density at radius 1 is 1.47 bits per heavy atom. The molecule has 108 valence electrons. The van der Waals surface area contributed by atoms with Gasteiger partial charge in [0.2, 0.25) is 0 Å². The molecule has 6 nitrogen and oxygen atoms in total. The lowest BCUT2D eigenvalue weighted by atomic mass is 9.88. The van der Waals surface area contributed by atoms with Crippen LogP contribution in [-0.2, 0) is 16.6 Å². The van der Waals surface area contributed by atoms with Crippen molar-refractivity contribution in [2.24, 2.45) is 5.92 Å². The molecule has 1 aliphatic rings. The number of H-pyrrole nitrogens is 1. The standard InChI is InChI=1S/C12H21N3O3S/c1-8-4-3-5-10(6-8)15-19(17,18)12-11(7-16)9(2)13-14-12/h8,10,15-16H,3-7H2,1-2H3,(H,13,14). The zero-order valence-corrected chi connectivity index (χ0v) is 12.1. The minimum atomic E-state index is -3.66. The highest BCUT2D eigenvalue weighted by Gasteiger charge is 2.28. The van der Waals surface area contributed by atoms with Gasteiger partial charge in [0.1, 0.15) is 0 Å². The van der Waals surface area contributed by atoms with Gasteiger partial charge in [0.05, 0.1) is 6.61 Å². The van der Waals surface area contributed by atoms with Gasteiger partial charge >= 0.3 is 0 Å². The van der Waals surface area contributed by atoms with Crippen LogP contribution < -0.4 is 4.72 Å². The van der Waals surface area contributed by atoms with Crippen LogP contribution in [0.2, 0.25) is 0 Å². The number of aliphatic hydroxyl groups excluding tert-OH is 1. The van der Waals surface area contributed by atoms with Gasteiger partial charge in [0, 0.05) is 17.3 Å². The van der Waals surface area contributed by atoms with E-state index in [1.165, 1.54) is 0 Å².